The Balaban J connectivity index is 1.62. The quantitative estimate of drug-likeness (QED) is 0.714. The number of nitrogens with one attached hydrogen (secondary N) is 2. The maximum absolute atomic E-state index is 12.7. The van der Waals surface area contributed by atoms with Crippen LogP contribution in [0.3, 0.4) is 0 Å². The second-order valence-corrected chi connectivity index (χ2v) is 9.19. The highest BCUT2D eigenvalue weighted by molar-refractivity contribution is 7.89. The Morgan fingerprint density at radius 3 is 2.36 bits per heavy atom. The van der Waals surface area contributed by atoms with Crippen LogP contribution in [0.5, 0.6) is 0 Å². The Kier molecular flexibility index (Phi) is 6.66. The van der Waals surface area contributed by atoms with E-state index in [1.807, 2.05) is 0 Å². The summed E-state index contributed by atoms with van der Waals surface area (Å²) in [6, 6.07) is 12.8. The van der Waals surface area contributed by atoms with Crippen LogP contribution in [0.1, 0.15) is 29.6 Å². The van der Waals surface area contributed by atoms with Gasteiger partial charge in [0.05, 0.1) is 4.90 Å². The number of halogens is 1. The Labute approximate surface area is 174 Å². The van der Waals surface area contributed by atoms with Crippen LogP contribution in [0, 0.1) is 0 Å². The zero-order valence-corrected chi connectivity index (χ0v) is 17.4. The molecule has 148 valence electrons. The molecule has 6 nitrogen and oxygen atoms in total. The Bertz CT molecular complexity index is 972. The van der Waals surface area contributed by atoms with Crippen LogP contribution in [0.25, 0.3) is 0 Å². The van der Waals surface area contributed by atoms with Crippen molar-refractivity contribution in [1.29, 1.82) is 0 Å². The summed E-state index contributed by atoms with van der Waals surface area (Å²) in [5.74, 6) is -0.385. The van der Waals surface area contributed by atoms with E-state index in [1.165, 1.54) is 16.4 Å². The first kappa shape index (κ1) is 20.7. The number of anilines is 1. The summed E-state index contributed by atoms with van der Waals surface area (Å²) in [6.07, 6.45) is 2.84. The highest BCUT2D eigenvalue weighted by Gasteiger charge is 2.25. The number of carbonyl (C=O) groups is 1. The van der Waals surface area contributed by atoms with Crippen molar-refractivity contribution in [2.45, 2.75) is 24.2 Å². The van der Waals surface area contributed by atoms with E-state index in [4.69, 9.17) is 23.8 Å². The van der Waals surface area contributed by atoms with E-state index in [1.54, 1.807) is 36.4 Å². The molecular weight excluding hydrogens is 418 g/mol. The van der Waals surface area contributed by atoms with Gasteiger partial charge in [0.25, 0.3) is 5.91 Å². The third-order valence-electron chi connectivity index (χ3n) is 4.38. The molecule has 2 aromatic carbocycles. The van der Waals surface area contributed by atoms with Gasteiger partial charge in [-0.1, -0.05) is 24.1 Å². The van der Waals surface area contributed by atoms with E-state index in [-0.39, 0.29) is 15.9 Å². The molecule has 0 saturated carbocycles. The lowest BCUT2D eigenvalue weighted by Gasteiger charge is -2.25. The lowest BCUT2D eigenvalue weighted by atomic mass is 10.2. The van der Waals surface area contributed by atoms with Crippen molar-refractivity contribution in [1.82, 2.24) is 9.62 Å². The topological polar surface area (TPSA) is 78.5 Å². The number of thiocarbonyl (C=S) groups is 1. The second kappa shape index (κ2) is 9.00. The summed E-state index contributed by atoms with van der Waals surface area (Å²) in [6.45, 7) is 1.11. The van der Waals surface area contributed by atoms with Crippen molar-refractivity contribution in [3.8, 4) is 0 Å². The summed E-state index contributed by atoms with van der Waals surface area (Å²) in [7, 11) is -3.48. The van der Waals surface area contributed by atoms with Gasteiger partial charge in [0, 0.05) is 29.4 Å². The largest absolute Gasteiger partial charge is 0.332 e. The van der Waals surface area contributed by atoms with Crippen LogP contribution in [-0.2, 0) is 10.0 Å². The van der Waals surface area contributed by atoms with Gasteiger partial charge >= 0.3 is 0 Å². The number of sulfonamides is 1. The van der Waals surface area contributed by atoms with Crippen molar-refractivity contribution in [2.24, 2.45) is 0 Å². The van der Waals surface area contributed by atoms with Crippen molar-refractivity contribution in [2.75, 3.05) is 18.4 Å². The van der Waals surface area contributed by atoms with Gasteiger partial charge in [-0.05, 0) is 67.5 Å². The molecule has 0 aliphatic carbocycles. The maximum atomic E-state index is 12.7. The number of piperidine rings is 1. The van der Waals surface area contributed by atoms with Gasteiger partial charge in [-0.15, -0.1) is 0 Å². The van der Waals surface area contributed by atoms with Gasteiger partial charge in [0.15, 0.2) is 5.11 Å². The highest BCUT2D eigenvalue weighted by atomic mass is 35.5. The first-order valence-electron chi connectivity index (χ1n) is 8.84. The average Bonchev–Trinajstić information content (AvgIpc) is 2.69. The van der Waals surface area contributed by atoms with Crippen LogP contribution in [-0.4, -0.2) is 36.8 Å². The Morgan fingerprint density at radius 1 is 1.04 bits per heavy atom. The molecule has 0 unspecified atom stereocenters. The number of rotatable bonds is 4. The fraction of sp³-hybridized carbons (Fsp3) is 0.263. The Morgan fingerprint density at radius 2 is 1.71 bits per heavy atom. The Hall–Kier alpha value is -2.00. The van der Waals surface area contributed by atoms with Gasteiger partial charge in [0.2, 0.25) is 10.0 Å². The summed E-state index contributed by atoms with van der Waals surface area (Å²) >= 11 is 11.0. The van der Waals surface area contributed by atoms with Crippen molar-refractivity contribution < 1.29 is 13.2 Å². The van der Waals surface area contributed by atoms with E-state index in [2.05, 4.69) is 10.6 Å². The SMILES string of the molecule is O=C(NC(=S)Nc1ccc(S(=O)(=O)N2CCCCC2)cc1)c1cccc(Cl)c1. The van der Waals surface area contributed by atoms with Gasteiger partial charge in [-0.25, -0.2) is 8.42 Å². The van der Waals surface area contributed by atoms with Crippen molar-refractivity contribution in [3.63, 3.8) is 0 Å². The molecule has 2 N–H and O–H groups in total. The summed E-state index contributed by atoms with van der Waals surface area (Å²) < 4.78 is 26.8. The third-order valence-corrected chi connectivity index (χ3v) is 6.73. The number of amides is 1. The number of hydrogen-bond acceptors (Lipinski definition) is 4. The molecule has 1 aliphatic heterocycles. The van der Waals surface area contributed by atoms with Crippen LogP contribution in [0.4, 0.5) is 5.69 Å². The minimum atomic E-state index is -3.48. The third kappa shape index (κ3) is 5.08. The smallest absolute Gasteiger partial charge is 0.257 e. The minimum Gasteiger partial charge on any atom is -0.332 e. The molecule has 0 bridgehead atoms. The normalized spacial score (nSPS) is 15.0. The van der Waals surface area contributed by atoms with Crippen LogP contribution < -0.4 is 10.6 Å². The fourth-order valence-corrected chi connectivity index (χ4v) is 4.85. The van der Waals surface area contributed by atoms with Crippen LogP contribution in [0.2, 0.25) is 5.02 Å². The molecule has 1 amide bonds. The summed E-state index contributed by atoms with van der Waals surface area (Å²) in [4.78, 5) is 12.4. The second-order valence-electron chi connectivity index (χ2n) is 6.41. The van der Waals surface area contributed by atoms with E-state index >= 15 is 0 Å². The van der Waals surface area contributed by atoms with Crippen LogP contribution in [0.15, 0.2) is 53.4 Å². The molecule has 0 aromatic heterocycles. The van der Waals surface area contributed by atoms with Gasteiger partial charge in [0.1, 0.15) is 0 Å². The van der Waals surface area contributed by atoms with Gasteiger partial charge < -0.3 is 5.32 Å². The highest BCUT2D eigenvalue weighted by Crippen LogP contribution is 2.22. The lowest BCUT2D eigenvalue weighted by Crippen LogP contribution is -2.35. The maximum Gasteiger partial charge on any atom is 0.257 e. The molecule has 1 saturated heterocycles. The molecule has 1 aliphatic rings. The van der Waals surface area contributed by atoms with E-state index < -0.39 is 10.0 Å². The average molecular weight is 438 g/mol. The first-order chi connectivity index (χ1) is 13.4. The molecule has 9 heteroatoms. The van der Waals surface area contributed by atoms with Crippen LogP contribution >= 0.6 is 23.8 Å². The van der Waals surface area contributed by atoms with E-state index in [0.29, 0.717) is 29.4 Å². The summed E-state index contributed by atoms with van der Waals surface area (Å²) in [5, 5.41) is 6.00. The predicted octanol–water partition coefficient (Wildman–Crippen LogP) is 3.64. The predicted molar refractivity (Wildman–Crippen MR) is 114 cm³/mol. The van der Waals surface area contributed by atoms with Crippen molar-refractivity contribution >= 4 is 50.5 Å². The van der Waals surface area contributed by atoms with Gasteiger partial charge in [-0.2, -0.15) is 4.31 Å². The molecule has 0 radical (unpaired) electrons. The standard InChI is InChI=1S/C19H20ClN3O3S2/c20-15-6-4-5-14(13-15)18(24)22-19(27)21-16-7-9-17(10-8-16)28(25,26)23-11-2-1-3-12-23/h4-10,13H,1-3,11-12H2,(H2,21,22,24,27). The molecule has 0 atom stereocenters. The molecule has 1 fully saturated rings. The summed E-state index contributed by atoms with van der Waals surface area (Å²) in [5.41, 5.74) is 0.966. The monoisotopic (exact) mass is 437 g/mol. The molecule has 3 rings (SSSR count). The lowest BCUT2D eigenvalue weighted by molar-refractivity contribution is 0.0977. The number of benzene rings is 2. The fourth-order valence-electron chi connectivity index (χ4n) is 2.93. The number of nitrogens with zero attached hydrogens (tertiary/aromatic N) is 1. The number of carbonyl (C=O) groups excluding carboxylic acids is 1. The molecular formula is C19H20ClN3O3S2. The zero-order valence-electron chi connectivity index (χ0n) is 15.0. The van der Waals surface area contributed by atoms with E-state index in [0.717, 1.165) is 19.3 Å². The molecule has 28 heavy (non-hydrogen) atoms. The van der Waals surface area contributed by atoms with Crippen molar-refractivity contribution in [3.05, 3.63) is 59.1 Å². The number of hydrogen-bond donors (Lipinski definition) is 2. The molecule has 2 aromatic rings. The minimum absolute atomic E-state index is 0.108. The molecule has 0 spiro atoms. The van der Waals surface area contributed by atoms with E-state index in [9.17, 15) is 13.2 Å². The zero-order chi connectivity index (χ0) is 20.1. The first-order valence-corrected chi connectivity index (χ1v) is 11.1. The molecule has 1 heterocycles. The van der Waals surface area contributed by atoms with Gasteiger partial charge in [-0.3, -0.25) is 10.1 Å².